The Hall–Kier alpha value is -3.39. The highest BCUT2D eigenvalue weighted by Crippen LogP contribution is 2.62. The molecule has 148 valence electrons. The van der Waals surface area contributed by atoms with E-state index in [1.54, 1.807) is 30.6 Å². The number of hydrogen-bond donors (Lipinski definition) is 0. The molecule has 0 N–H and O–H groups in total. The zero-order valence-corrected chi connectivity index (χ0v) is 16.4. The van der Waals surface area contributed by atoms with Crippen LogP contribution in [-0.4, -0.2) is 29.7 Å². The quantitative estimate of drug-likeness (QED) is 0.502. The van der Waals surface area contributed by atoms with Gasteiger partial charge in [0.1, 0.15) is 12.9 Å². The molecule has 0 amide bonds. The second kappa shape index (κ2) is 6.56. The Kier molecular flexibility index (Phi) is 3.82. The van der Waals surface area contributed by atoms with Crippen molar-refractivity contribution in [3.63, 3.8) is 0 Å². The lowest BCUT2D eigenvalue weighted by molar-refractivity contribution is 0.364. The van der Waals surface area contributed by atoms with Gasteiger partial charge in [-0.05, 0) is 48.1 Å². The van der Waals surface area contributed by atoms with Crippen LogP contribution in [0.4, 0.5) is 0 Å². The number of halogens is 1. The number of aromatic nitrogens is 6. The third kappa shape index (κ3) is 2.83. The Morgan fingerprint density at radius 1 is 1.20 bits per heavy atom. The molecule has 3 atom stereocenters. The standard InChI is InChI=1S/C21H15ClN6O2/c22-12-3-5-23-16(8-12)11-6-14-15(7-11)18(14)20-26-17(30-27-20)9-28-10-25-19-13(21(28)29)2-1-4-24-19/h1-6,8,10,14-15,18H,7,9H2/t14-,15+,18+/m1/s1. The van der Waals surface area contributed by atoms with Crippen LogP contribution in [0.25, 0.3) is 16.6 Å². The highest BCUT2D eigenvalue weighted by atomic mass is 35.5. The molecule has 4 heterocycles. The van der Waals surface area contributed by atoms with Gasteiger partial charge in [-0.2, -0.15) is 4.98 Å². The van der Waals surface area contributed by atoms with Crippen LogP contribution in [-0.2, 0) is 6.54 Å². The average molecular weight is 419 g/mol. The Morgan fingerprint density at radius 2 is 2.13 bits per heavy atom. The van der Waals surface area contributed by atoms with Crippen molar-refractivity contribution in [2.45, 2.75) is 18.9 Å². The van der Waals surface area contributed by atoms with Crippen LogP contribution in [0.15, 0.2) is 58.4 Å². The summed E-state index contributed by atoms with van der Waals surface area (Å²) in [5.74, 6) is 2.19. The first kappa shape index (κ1) is 17.5. The summed E-state index contributed by atoms with van der Waals surface area (Å²) in [5.41, 5.74) is 2.39. The summed E-state index contributed by atoms with van der Waals surface area (Å²) in [5, 5.41) is 5.31. The van der Waals surface area contributed by atoms with E-state index in [1.165, 1.54) is 16.5 Å². The van der Waals surface area contributed by atoms with E-state index in [9.17, 15) is 4.79 Å². The highest BCUT2D eigenvalue weighted by molar-refractivity contribution is 6.30. The molecule has 0 bridgehead atoms. The topological polar surface area (TPSA) is 99.6 Å². The molecule has 9 heteroatoms. The van der Waals surface area contributed by atoms with Crippen LogP contribution in [0.2, 0.25) is 5.02 Å². The lowest BCUT2D eigenvalue weighted by Gasteiger charge is -2.04. The number of rotatable bonds is 4. The first-order valence-corrected chi connectivity index (χ1v) is 10.0. The molecule has 2 aliphatic carbocycles. The van der Waals surface area contributed by atoms with Crippen LogP contribution in [0, 0.1) is 11.8 Å². The van der Waals surface area contributed by atoms with Crippen LogP contribution < -0.4 is 5.56 Å². The van der Waals surface area contributed by atoms with Crippen molar-refractivity contribution in [3.8, 4) is 0 Å². The summed E-state index contributed by atoms with van der Waals surface area (Å²) in [6.07, 6.45) is 7.96. The van der Waals surface area contributed by atoms with E-state index < -0.39 is 0 Å². The van der Waals surface area contributed by atoms with Gasteiger partial charge in [0.25, 0.3) is 5.56 Å². The van der Waals surface area contributed by atoms with Crippen LogP contribution in [0.5, 0.6) is 0 Å². The van der Waals surface area contributed by atoms with Gasteiger partial charge in [0.15, 0.2) is 11.5 Å². The predicted octanol–water partition coefficient (Wildman–Crippen LogP) is 3.09. The van der Waals surface area contributed by atoms with E-state index in [1.807, 2.05) is 6.07 Å². The molecular formula is C21H15ClN6O2. The van der Waals surface area contributed by atoms with E-state index in [0.717, 1.165) is 12.1 Å². The van der Waals surface area contributed by atoms with Crippen LogP contribution in [0.3, 0.4) is 0 Å². The zero-order valence-electron chi connectivity index (χ0n) is 15.6. The minimum Gasteiger partial charge on any atom is -0.337 e. The molecule has 6 rings (SSSR count). The van der Waals surface area contributed by atoms with Gasteiger partial charge >= 0.3 is 0 Å². The number of hydrogen-bond acceptors (Lipinski definition) is 7. The fraction of sp³-hybridized carbons (Fsp3) is 0.238. The summed E-state index contributed by atoms with van der Waals surface area (Å²) >= 11 is 6.08. The lowest BCUT2D eigenvalue weighted by atomic mass is 10.1. The third-order valence-electron chi connectivity index (χ3n) is 5.81. The van der Waals surface area contributed by atoms with E-state index in [4.69, 9.17) is 16.1 Å². The van der Waals surface area contributed by atoms with Crippen molar-refractivity contribution in [1.82, 2.24) is 29.7 Å². The minimum absolute atomic E-state index is 0.180. The van der Waals surface area contributed by atoms with E-state index in [0.29, 0.717) is 39.6 Å². The summed E-state index contributed by atoms with van der Waals surface area (Å²) in [7, 11) is 0. The second-order valence-electron chi connectivity index (χ2n) is 7.62. The monoisotopic (exact) mass is 418 g/mol. The number of allylic oxidation sites excluding steroid dienone is 2. The van der Waals surface area contributed by atoms with Crippen molar-refractivity contribution >= 4 is 28.2 Å². The third-order valence-corrected chi connectivity index (χ3v) is 6.05. The maximum Gasteiger partial charge on any atom is 0.263 e. The molecule has 1 saturated carbocycles. The summed E-state index contributed by atoms with van der Waals surface area (Å²) in [4.78, 5) is 29.9. The first-order chi connectivity index (χ1) is 14.7. The molecule has 1 fully saturated rings. The molecular weight excluding hydrogens is 404 g/mol. The zero-order chi connectivity index (χ0) is 20.2. The predicted molar refractivity (Wildman–Crippen MR) is 109 cm³/mol. The number of pyridine rings is 2. The normalized spacial score (nSPS) is 22.2. The van der Waals surface area contributed by atoms with E-state index in [2.05, 4.69) is 31.2 Å². The summed E-state index contributed by atoms with van der Waals surface area (Å²) < 4.78 is 6.87. The largest absolute Gasteiger partial charge is 0.337 e. The van der Waals surface area contributed by atoms with Gasteiger partial charge in [-0.1, -0.05) is 22.8 Å². The van der Waals surface area contributed by atoms with E-state index >= 15 is 0 Å². The van der Waals surface area contributed by atoms with Gasteiger partial charge in [0.05, 0.1) is 11.1 Å². The Labute approximate surface area is 175 Å². The van der Waals surface area contributed by atoms with Gasteiger partial charge in [0, 0.05) is 23.3 Å². The summed E-state index contributed by atoms with van der Waals surface area (Å²) in [6, 6.07) is 7.09. The highest BCUT2D eigenvalue weighted by Gasteiger charge is 2.55. The smallest absolute Gasteiger partial charge is 0.263 e. The fourth-order valence-electron chi connectivity index (χ4n) is 4.30. The molecule has 0 saturated heterocycles. The Morgan fingerprint density at radius 3 is 2.97 bits per heavy atom. The van der Waals surface area contributed by atoms with Crippen LogP contribution in [0.1, 0.15) is 29.7 Å². The second-order valence-corrected chi connectivity index (χ2v) is 8.06. The van der Waals surface area contributed by atoms with Gasteiger partial charge in [-0.15, -0.1) is 0 Å². The SMILES string of the molecule is O=c1c2cccnc2ncn1Cc1nc([C@H]2[C@@H]3C=C(c4cc(Cl)ccn4)C[C@@H]32)no1. The van der Waals surface area contributed by atoms with Crippen LogP contribution >= 0.6 is 11.6 Å². The maximum atomic E-state index is 12.6. The van der Waals surface area contributed by atoms with Gasteiger partial charge in [-0.3, -0.25) is 14.3 Å². The molecule has 0 radical (unpaired) electrons. The molecule has 2 aliphatic rings. The number of fused-ring (bicyclic) bond motifs is 2. The van der Waals surface area contributed by atoms with Gasteiger partial charge in [-0.25, -0.2) is 9.97 Å². The van der Waals surface area contributed by atoms with Crippen molar-refractivity contribution in [2.75, 3.05) is 0 Å². The van der Waals surface area contributed by atoms with Gasteiger partial charge < -0.3 is 4.52 Å². The van der Waals surface area contributed by atoms with Crippen molar-refractivity contribution in [2.24, 2.45) is 11.8 Å². The average Bonchev–Trinajstić information content (AvgIpc) is 3.10. The first-order valence-electron chi connectivity index (χ1n) is 9.62. The molecule has 4 aromatic rings. The van der Waals surface area contributed by atoms with Crippen molar-refractivity contribution in [1.29, 1.82) is 0 Å². The Balaban J connectivity index is 1.20. The maximum absolute atomic E-state index is 12.6. The Bertz CT molecular complexity index is 1380. The van der Waals surface area contributed by atoms with Crippen molar-refractivity contribution < 1.29 is 4.52 Å². The van der Waals surface area contributed by atoms with Gasteiger partial charge in [0.2, 0.25) is 5.89 Å². The molecule has 0 spiro atoms. The fourth-order valence-corrected chi connectivity index (χ4v) is 4.46. The lowest BCUT2D eigenvalue weighted by Crippen LogP contribution is -2.21. The number of nitrogens with zero attached hydrogens (tertiary/aromatic N) is 6. The molecule has 0 aromatic carbocycles. The molecule has 0 unspecified atom stereocenters. The summed E-state index contributed by atoms with van der Waals surface area (Å²) in [6.45, 7) is 0.180. The molecule has 4 aromatic heterocycles. The van der Waals surface area contributed by atoms with Crippen molar-refractivity contribution in [3.05, 3.63) is 81.8 Å². The molecule has 8 nitrogen and oxygen atoms in total. The van der Waals surface area contributed by atoms with E-state index in [-0.39, 0.29) is 18.0 Å². The molecule has 30 heavy (non-hydrogen) atoms. The minimum atomic E-state index is -0.183. The molecule has 0 aliphatic heterocycles.